The van der Waals surface area contributed by atoms with E-state index < -0.39 is 5.91 Å². The zero-order chi connectivity index (χ0) is 15.1. The molecule has 7 heteroatoms. The van der Waals surface area contributed by atoms with E-state index in [2.05, 4.69) is 15.6 Å². The van der Waals surface area contributed by atoms with E-state index in [0.29, 0.717) is 18.7 Å². The second kappa shape index (κ2) is 7.20. The summed E-state index contributed by atoms with van der Waals surface area (Å²) in [5.74, 6) is -0.750. The molecule has 0 fully saturated rings. The van der Waals surface area contributed by atoms with Crippen molar-refractivity contribution < 1.29 is 18.7 Å². The Morgan fingerprint density at radius 2 is 2.00 bits per heavy atom. The van der Waals surface area contributed by atoms with Crippen molar-refractivity contribution in [2.24, 2.45) is 0 Å². The summed E-state index contributed by atoms with van der Waals surface area (Å²) in [4.78, 5) is 27.5. The molecule has 21 heavy (non-hydrogen) atoms. The van der Waals surface area contributed by atoms with E-state index in [1.807, 2.05) is 6.07 Å². The zero-order valence-corrected chi connectivity index (χ0v) is 11.5. The quantitative estimate of drug-likeness (QED) is 0.782. The standard InChI is InChI=1S/C14H15N3O4/c1-20-8-7-15-13(19)11-9-21-14(16-11)17-12(18)10-5-3-2-4-6-10/h2-6,9H,7-8H2,1H3,(H,15,19)(H,16,17,18). The maximum Gasteiger partial charge on any atom is 0.302 e. The highest BCUT2D eigenvalue weighted by atomic mass is 16.5. The number of carbonyl (C=O) groups is 2. The molecule has 0 radical (unpaired) electrons. The summed E-state index contributed by atoms with van der Waals surface area (Å²) in [6.45, 7) is 0.773. The molecule has 2 amide bonds. The normalized spacial score (nSPS) is 10.1. The molecule has 1 aromatic heterocycles. The minimum atomic E-state index is -0.393. The largest absolute Gasteiger partial charge is 0.431 e. The molecule has 0 spiro atoms. The van der Waals surface area contributed by atoms with Gasteiger partial charge in [0, 0.05) is 19.2 Å². The van der Waals surface area contributed by atoms with Crippen molar-refractivity contribution in [1.82, 2.24) is 10.3 Å². The van der Waals surface area contributed by atoms with Gasteiger partial charge in [0.05, 0.1) is 6.61 Å². The molecule has 1 aromatic carbocycles. The van der Waals surface area contributed by atoms with Crippen molar-refractivity contribution in [3.05, 3.63) is 47.9 Å². The third-order valence-electron chi connectivity index (χ3n) is 2.59. The number of aromatic nitrogens is 1. The number of benzene rings is 1. The van der Waals surface area contributed by atoms with Crippen molar-refractivity contribution in [2.75, 3.05) is 25.6 Å². The molecular formula is C14H15N3O4. The van der Waals surface area contributed by atoms with E-state index in [9.17, 15) is 9.59 Å². The van der Waals surface area contributed by atoms with Crippen molar-refractivity contribution in [2.45, 2.75) is 0 Å². The molecule has 0 aliphatic rings. The number of hydrogen-bond acceptors (Lipinski definition) is 5. The summed E-state index contributed by atoms with van der Waals surface area (Å²) in [7, 11) is 1.54. The van der Waals surface area contributed by atoms with Crippen LogP contribution in [0.1, 0.15) is 20.8 Å². The predicted molar refractivity (Wildman–Crippen MR) is 75.1 cm³/mol. The summed E-state index contributed by atoms with van der Waals surface area (Å²) in [5, 5.41) is 5.08. The zero-order valence-electron chi connectivity index (χ0n) is 11.5. The van der Waals surface area contributed by atoms with Gasteiger partial charge in [-0.25, -0.2) is 0 Å². The number of nitrogens with zero attached hydrogens (tertiary/aromatic N) is 1. The Balaban J connectivity index is 1.94. The van der Waals surface area contributed by atoms with Crippen LogP contribution in [0.2, 0.25) is 0 Å². The molecule has 110 valence electrons. The molecule has 0 bridgehead atoms. The van der Waals surface area contributed by atoms with Crippen LogP contribution in [0, 0.1) is 0 Å². The van der Waals surface area contributed by atoms with Gasteiger partial charge in [0.1, 0.15) is 6.26 Å². The smallest absolute Gasteiger partial charge is 0.302 e. The fraction of sp³-hybridized carbons (Fsp3) is 0.214. The number of ether oxygens (including phenoxy) is 1. The molecule has 0 saturated heterocycles. The Morgan fingerprint density at radius 1 is 1.24 bits per heavy atom. The lowest BCUT2D eigenvalue weighted by Crippen LogP contribution is -2.27. The molecule has 2 aromatic rings. The molecule has 0 aliphatic heterocycles. The highest BCUT2D eigenvalue weighted by molar-refractivity contribution is 6.03. The number of hydrogen-bond donors (Lipinski definition) is 2. The Morgan fingerprint density at radius 3 is 2.71 bits per heavy atom. The maximum atomic E-state index is 11.9. The van der Waals surface area contributed by atoms with Gasteiger partial charge in [0.25, 0.3) is 11.8 Å². The monoisotopic (exact) mass is 289 g/mol. The van der Waals surface area contributed by atoms with E-state index in [0.717, 1.165) is 0 Å². The first-order chi connectivity index (χ1) is 10.2. The van der Waals surface area contributed by atoms with E-state index in [1.165, 1.54) is 6.26 Å². The van der Waals surface area contributed by atoms with Crippen LogP contribution in [0.3, 0.4) is 0 Å². The molecule has 1 heterocycles. The van der Waals surface area contributed by atoms with Crippen LogP contribution < -0.4 is 10.6 Å². The first-order valence-electron chi connectivity index (χ1n) is 6.30. The van der Waals surface area contributed by atoms with Gasteiger partial charge in [-0.15, -0.1) is 0 Å². The van der Waals surface area contributed by atoms with Crippen LogP contribution in [0.5, 0.6) is 0 Å². The summed E-state index contributed by atoms with van der Waals surface area (Å²) >= 11 is 0. The molecule has 0 unspecified atom stereocenters. The summed E-state index contributed by atoms with van der Waals surface area (Å²) in [5.41, 5.74) is 0.566. The molecular weight excluding hydrogens is 274 g/mol. The van der Waals surface area contributed by atoms with Crippen LogP contribution in [-0.2, 0) is 4.74 Å². The van der Waals surface area contributed by atoms with Crippen molar-refractivity contribution in [1.29, 1.82) is 0 Å². The molecule has 7 nitrogen and oxygen atoms in total. The average molecular weight is 289 g/mol. The third-order valence-corrected chi connectivity index (χ3v) is 2.59. The number of carbonyl (C=O) groups excluding carboxylic acids is 2. The van der Waals surface area contributed by atoms with E-state index in [4.69, 9.17) is 9.15 Å². The summed E-state index contributed by atoms with van der Waals surface area (Å²) < 4.78 is 9.87. The molecule has 0 atom stereocenters. The van der Waals surface area contributed by atoms with Gasteiger partial charge in [-0.2, -0.15) is 4.98 Å². The highest BCUT2D eigenvalue weighted by Crippen LogP contribution is 2.09. The van der Waals surface area contributed by atoms with Crippen LogP contribution in [0.15, 0.2) is 41.0 Å². The van der Waals surface area contributed by atoms with Gasteiger partial charge in [0.2, 0.25) is 0 Å². The van der Waals surface area contributed by atoms with Crippen molar-refractivity contribution in [3.8, 4) is 0 Å². The van der Waals surface area contributed by atoms with Crippen molar-refractivity contribution >= 4 is 17.8 Å². The Kier molecular flexibility index (Phi) is 5.05. The van der Waals surface area contributed by atoms with Gasteiger partial charge in [-0.05, 0) is 12.1 Å². The molecule has 2 rings (SSSR count). The van der Waals surface area contributed by atoms with Gasteiger partial charge in [-0.3, -0.25) is 14.9 Å². The molecule has 0 saturated carbocycles. The van der Waals surface area contributed by atoms with E-state index >= 15 is 0 Å². The Bertz CT molecular complexity index is 610. The molecule has 0 aliphatic carbocycles. The first kappa shape index (κ1) is 14.7. The van der Waals surface area contributed by atoms with E-state index in [-0.39, 0.29) is 17.6 Å². The second-order valence-electron chi connectivity index (χ2n) is 4.11. The number of oxazole rings is 1. The lowest BCUT2D eigenvalue weighted by molar-refractivity contribution is 0.0931. The number of methoxy groups -OCH3 is 1. The fourth-order valence-electron chi connectivity index (χ4n) is 1.55. The maximum absolute atomic E-state index is 11.9. The number of nitrogens with one attached hydrogen (secondary N) is 2. The Labute approximate surface area is 121 Å². The minimum Gasteiger partial charge on any atom is -0.431 e. The predicted octanol–water partition coefficient (Wildman–Crippen LogP) is 1.30. The molecule has 2 N–H and O–H groups in total. The van der Waals surface area contributed by atoms with Gasteiger partial charge in [-0.1, -0.05) is 18.2 Å². The number of amides is 2. The lowest BCUT2D eigenvalue weighted by Gasteiger charge is -2.01. The lowest BCUT2D eigenvalue weighted by atomic mass is 10.2. The number of rotatable bonds is 6. The van der Waals surface area contributed by atoms with Crippen LogP contribution in [0.4, 0.5) is 6.01 Å². The highest BCUT2D eigenvalue weighted by Gasteiger charge is 2.14. The van der Waals surface area contributed by atoms with Crippen molar-refractivity contribution in [3.63, 3.8) is 0 Å². The van der Waals surface area contributed by atoms with Gasteiger partial charge < -0.3 is 14.5 Å². The van der Waals surface area contributed by atoms with Crippen LogP contribution >= 0.6 is 0 Å². The minimum absolute atomic E-state index is 0.0271. The van der Waals surface area contributed by atoms with Gasteiger partial charge >= 0.3 is 6.01 Å². The summed E-state index contributed by atoms with van der Waals surface area (Å²) in [6, 6.07) is 8.61. The van der Waals surface area contributed by atoms with Gasteiger partial charge in [0.15, 0.2) is 5.69 Å². The SMILES string of the molecule is COCCNC(=O)c1coc(NC(=O)c2ccccc2)n1. The average Bonchev–Trinajstić information content (AvgIpc) is 2.97. The Hall–Kier alpha value is -2.67. The summed E-state index contributed by atoms with van der Waals surface area (Å²) in [6.07, 6.45) is 1.18. The fourth-order valence-corrected chi connectivity index (χ4v) is 1.55. The second-order valence-corrected chi connectivity index (χ2v) is 4.11. The van der Waals surface area contributed by atoms with Crippen LogP contribution in [-0.4, -0.2) is 37.1 Å². The third kappa shape index (κ3) is 4.15. The first-order valence-corrected chi connectivity index (χ1v) is 6.30. The number of anilines is 1. The van der Waals surface area contributed by atoms with Crippen LogP contribution in [0.25, 0.3) is 0 Å². The van der Waals surface area contributed by atoms with E-state index in [1.54, 1.807) is 31.4 Å². The topological polar surface area (TPSA) is 93.5 Å².